The molecule has 0 aromatic carbocycles. The Bertz CT molecular complexity index is 434. The van der Waals surface area contributed by atoms with Crippen LogP contribution in [0.15, 0.2) is 18.6 Å². The number of aromatic amines is 1. The number of nitrogens with one attached hydrogen (secondary N) is 2. The van der Waals surface area contributed by atoms with E-state index >= 15 is 0 Å². The Hall–Kier alpha value is -1.91. The van der Waals surface area contributed by atoms with Crippen LogP contribution in [-0.2, 0) is 0 Å². The maximum absolute atomic E-state index is 4.11. The van der Waals surface area contributed by atoms with Crippen molar-refractivity contribution in [1.29, 1.82) is 0 Å². The van der Waals surface area contributed by atoms with Gasteiger partial charge < -0.3 is 5.32 Å². The fraction of sp³-hybridized carbons (Fsp3) is 0.222. The molecule has 2 rings (SSSR count). The summed E-state index contributed by atoms with van der Waals surface area (Å²) in [6, 6.07) is 1.92. The van der Waals surface area contributed by atoms with Crippen molar-refractivity contribution in [1.82, 2.24) is 20.2 Å². The largest absolute Gasteiger partial charge is 0.323 e. The van der Waals surface area contributed by atoms with Crippen molar-refractivity contribution in [3.05, 3.63) is 29.8 Å². The summed E-state index contributed by atoms with van der Waals surface area (Å²) < 4.78 is 0. The normalized spacial score (nSPS) is 10.1. The first-order valence-electron chi connectivity index (χ1n) is 4.31. The van der Waals surface area contributed by atoms with Crippen LogP contribution in [0.5, 0.6) is 0 Å². The number of hydrogen-bond donors (Lipinski definition) is 2. The Morgan fingerprint density at radius 3 is 2.86 bits per heavy atom. The highest BCUT2D eigenvalue weighted by atomic mass is 15.2. The fourth-order valence-corrected chi connectivity index (χ4v) is 1.13. The van der Waals surface area contributed by atoms with Crippen molar-refractivity contribution >= 4 is 11.6 Å². The number of hydrogen-bond acceptors (Lipinski definition) is 4. The van der Waals surface area contributed by atoms with Gasteiger partial charge in [-0.1, -0.05) is 0 Å². The minimum Gasteiger partial charge on any atom is -0.323 e. The molecular formula is C9H11N5. The van der Waals surface area contributed by atoms with Gasteiger partial charge in [-0.2, -0.15) is 5.10 Å². The van der Waals surface area contributed by atoms with Crippen molar-refractivity contribution in [2.75, 3.05) is 5.32 Å². The minimum atomic E-state index is 0.768. The first-order chi connectivity index (χ1) is 6.75. The number of H-pyrrole nitrogens is 1. The molecule has 0 spiro atoms. The monoisotopic (exact) mass is 189 g/mol. The van der Waals surface area contributed by atoms with Crippen LogP contribution in [0, 0.1) is 13.8 Å². The van der Waals surface area contributed by atoms with Gasteiger partial charge in [0.25, 0.3) is 0 Å². The van der Waals surface area contributed by atoms with Crippen LogP contribution in [0.2, 0.25) is 0 Å². The first-order valence-corrected chi connectivity index (χ1v) is 4.31. The number of rotatable bonds is 2. The molecule has 0 aliphatic heterocycles. The lowest BCUT2D eigenvalue weighted by atomic mass is 10.3. The molecule has 0 saturated carbocycles. The average Bonchev–Trinajstić information content (AvgIpc) is 2.56. The van der Waals surface area contributed by atoms with E-state index in [0.29, 0.717) is 0 Å². The highest BCUT2D eigenvalue weighted by Crippen LogP contribution is 2.14. The second-order valence-corrected chi connectivity index (χ2v) is 3.12. The molecule has 0 atom stereocenters. The Kier molecular flexibility index (Phi) is 2.14. The topological polar surface area (TPSA) is 66.5 Å². The Labute approximate surface area is 81.6 Å². The summed E-state index contributed by atoms with van der Waals surface area (Å²) >= 11 is 0. The third-order valence-corrected chi connectivity index (χ3v) is 1.85. The van der Waals surface area contributed by atoms with E-state index < -0.39 is 0 Å². The molecule has 2 aromatic heterocycles. The zero-order chi connectivity index (χ0) is 9.97. The third-order valence-electron chi connectivity index (χ3n) is 1.85. The van der Waals surface area contributed by atoms with E-state index in [-0.39, 0.29) is 0 Å². The maximum atomic E-state index is 4.11. The van der Waals surface area contributed by atoms with Gasteiger partial charge in [-0.25, -0.2) is 9.97 Å². The van der Waals surface area contributed by atoms with E-state index in [0.717, 1.165) is 22.9 Å². The van der Waals surface area contributed by atoms with E-state index in [2.05, 4.69) is 25.5 Å². The molecule has 0 amide bonds. The molecule has 0 aliphatic rings. The maximum Gasteiger partial charge on any atom is 0.153 e. The van der Waals surface area contributed by atoms with Gasteiger partial charge in [0.05, 0.1) is 0 Å². The van der Waals surface area contributed by atoms with Crippen LogP contribution in [-0.4, -0.2) is 20.2 Å². The Morgan fingerprint density at radius 2 is 2.21 bits per heavy atom. The Balaban J connectivity index is 2.23. The smallest absolute Gasteiger partial charge is 0.153 e. The standard InChI is InChI=1S/C9H11N5/c1-6-4-10-5-11-9(6)12-8-3-7(2)13-14-8/h3-5H,1-2H3,(H2,10,11,12,13,14). The molecule has 0 aliphatic carbocycles. The lowest BCUT2D eigenvalue weighted by Gasteiger charge is -2.03. The first kappa shape index (κ1) is 8.68. The minimum absolute atomic E-state index is 0.768. The third kappa shape index (κ3) is 1.71. The SMILES string of the molecule is Cc1cc(Nc2ncncc2C)n[nH]1. The van der Waals surface area contributed by atoms with Gasteiger partial charge in [0.15, 0.2) is 5.82 Å². The van der Waals surface area contributed by atoms with Crippen LogP contribution >= 0.6 is 0 Å². The molecule has 2 N–H and O–H groups in total. The van der Waals surface area contributed by atoms with Gasteiger partial charge in [-0.3, -0.25) is 5.10 Å². The highest BCUT2D eigenvalue weighted by Gasteiger charge is 2.01. The van der Waals surface area contributed by atoms with E-state index in [1.807, 2.05) is 19.9 Å². The molecule has 0 bridgehead atoms. The summed E-state index contributed by atoms with van der Waals surface area (Å²) in [7, 11) is 0. The molecule has 2 heterocycles. The zero-order valence-electron chi connectivity index (χ0n) is 8.07. The molecule has 0 unspecified atom stereocenters. The summed E-state index contributed by atoms with van der Waals surface area (Å²) in [6.07, 6.45) is 3.27. The number of nitrogens with zero attached hydrogens (tertiary/aromatic N) is 3. The number of aromatic nitrogens is 4. The van der Waals surface area contributed by atoms with E-state index in [9.17, 15) is 0 Å². The summed E-state index contributed by atoms with van der Waals surface area (Å²) in [5.74, 6) is 1.55. The van der Waals surface area contributed by atoms with Gasteiger partial charge in [-0.05, 0) is 13.8 Å². The molecule has 5 heteroatoms. The van der Waals surface area contributed by atoms with Crippen LogP contribution < -0.4 is 5.32 Å². The highest BCUT2D eigenvalue weighted by molar-refractivity contribution is 5.54. The van der Waals surface area contributed by atoms with Crippen molar-refractivity contribution in [3.8, 4) is 0 Å². The van der Waals surface area contributed by atoms with E-state index in [1.54, 1.807) is 6.20 Å². The zero-order valence-corrected chi connectivity index (χ0v) is 8.07. The van der Waals surface area contributed by atoms with Gasteiger partial charge >= 0.3 is 0 Å². The van der Waals surface area contributed by atoms with Crippen LogP contribution in [0.4, 0.5) is 11.6 Å². The number of anilines is 2. The molecule has 2 aromatic rings. The summed E-state index contributed by atoms with van der Waals surface area (Å²) in [4.78, 5) is 8.02. The van der Waals surface area contributed by atoms with Crippen molar-refractivity contribution in [3.63, 3.8) is 0 Å². The van der Waals surface area contributed by atoms with Gasteiger partial charge in [0.2, 0.25) is 0 Å². The second kappa shape index (κ2) is 3.45. The lowest BCUT2D eigenvalue weighted by Crippen LogP contribution is -1.96. The Morgan fingerprint density at radius 1 is 1.36 bits per heavy atom. The fourth-order valence-electron chi connectivity index (χ4n) is 1.13. The molecule has 14 heavy (non-hydrogen) atoms. The van der Waals surface area contributed by atoms with Crippen LogP contribution in [0.3, 0.4) is 0 Å². The molecule has 72 valence electrons. The van der Waals surface area contributed by atoms with E-state index in [1.165, 1.54) is 6.33 Å². The molecule has 0 radical (unpaired) electrons. The molecule has 0 saturated heterocycles. The van der Waals surface area contributed by atoms with Crippen molar-refractivity contribution in [2.24, 2.45) is 0 Å². The van der Waals surface area contributed by atoms with Gasteiger partial charge in [0.1, 0.15) is 12.1 Å². The lowest BCUT2D eigenvalue weighted by molar-refractivity contribution is 1.04. The van der Waals surface area contributed by atoms with Gasteiger partial charge in [0, 0.05) is 23.5 Å². The van der Waals surface area contributed by atoms with Crippen LogP contribution in [0.1, 0.15) is 11.3 Å². The molecule has 0 fully saturated rings. The quantitative estimate of drug-likeness (QED) is 0.752. The summed E-state index contributed by atoms with van der Waals surface area (Å²) in [5, 5.41) is 10.0. The van der Waals surface area contributed by atoms with Crippen molar-refractivity contribution < 1.29 is 0 Å². The average molecular weight is 189 g/mol. The van der Waals surface area contributed by atoms with Crippen molar-refractivity contribution in [2.45, 2.75) is 13.8 Å². The summed E-state index contributed by atoms with van der Waals surface area (Å²) in [5.41, 5.74) is 2.01. The summed E-state index contributed by atoms with van der Waals surface area (Å²) in [6.45, 7) is 3.90. The van der Waals surface area contributed by atoms with Gasteiger partial charge in [-0.15, -0.1) is 0 Å². The van der Waals surface area contributed by atoms with E-state index in [4.69, 9.17) is 0 Å². The predicted octanol–water partition coefficient (Wildman–Crippen LogP) is 1.56. The van der Waals surface area contributed by atoms with Crippen LogP contribution in [0.25, 0.3) is 0 Å². The second-order valence-electron chi connectivity index (χ2n) is 3.12. The predicted molar refractivity (Wildman–Crippen MR) is 53.4 cm³/mol. The number of aryl methyl sites for hydroxylation is 2. The molecular weight excluding hydrogens is 178 g/mol. The molecule has 5 nitrogen and oxygen atoms in total.